The molecule has 5 nitrogen and oxygen atoms in total. The average molecular weight is 258 g/mol. The molecule has 0 spiro atoms. The standard InChI is InChI=1S/C14H14N2O3/c1-16(10-6-8-11(19-2)9-7-10)13-5-3-4-12(15-13)14(17)18/h3-9H,1-2H3,(H,17,18). The summed E-state index contributed by atoms with van der Waals surface area (Å²) >= 11 is 0. The molecule has 0 unspecified atom stereocenters. The average Bonchev–Trinajstić information content (AvgIpc) is 2.46. The first-order valence-electron chi connectivity index (χ1n) is 5.70. The Hall–Kier alpha value is -2.56. The van der Waals surface area contributed by atoms with Crippen LogP contribution in [0.5, 0.6) is 5.75 Å². The lowest BCUT2D eigenvalue weighted by atomic mass is 10.2. The maximum absolute atomic E-state index is 10.9. The second-order valence-corrected chi connectivity index (χ2v) is 3.94. The zero-order chi connectivity index (χ0) is 13.8. The van der Waals surface area contributed by atoms with Crippen molar-refractivity contribution in [3.63, 3.8) is 0 Å². The predicted octanol–water partition coefficient (Wildman–Crippen LogP) is 2.56. The summed E-state index contributed by atoms with van der Waals surface area (Å²) in [6.45, 7) is 0. The Labute approximate surface area is 111 Å². The van der Waals surface area contributed by atoms with Gasteiger partial charge in [0.15, 0.2) is 5.69 Å². The Bertz CT molecular complexity index is 581. The Morgan fingerprint density at radius 2 is 1.89 bits per heavy atom. The second-order valence-electron chi connectivity index (χ2n) is 3.94. The molecule has 0 aliphatic carbocycles. The highest BCUT2D eigenvalue weighted by Crippen LogP contribution is 2.24. The highest BCUT2D eigenvalue weighted by molar-refractivity contribution is 5.86. The minimum absolute atomic E-state index is 0.0258. The molecule has 0 bridgehead atoms. The van der Waals surface area contributed by atoms with Gasteiger partial charge in [-0.15, -0.1) is 0 Å². The lowest BCUT2D eigenvalue weighted by Gasteiger charge is -2.18. The summed E-state index contributed by atoms with van der Waals surface area (Å²) in [5.74, 6) is 0.305. The van der Waals surface area contributed by atoms with Gasteiger partial charge in [0.2, 0.25) is 0 Å². The number of aromatic nitrogens is 1. The molecule has 5 heteroatoms. The number of carbonyl (C=O) groups is 1. The molecule has 1 N–H and O–H groups in total. The minimum atomic E-state index is -1.04. The van der Waals surface area contributed by atoms with Crippen molar-refractivity contribution in [1.82, 2.24) is 4.98 Å². The van der Waals surface area contributed by atoms with Crippen molar-refractivity contribution in [2.24, 2.45) is 0 Å². The number of rotatable bonds is 4. The molecule has 0 saturated heterocycles. The molecular weight excluding hydrogens is 244 g/mol. The lowest BCUT2D eigenvalue weighted by molar-refractivity contribution is 0.0690. The van der Waals surface area contributed by atoms with E-state index in [1.165, 1.54) is 6.07 Å². The zero-order valence-electron chi connectivity index (χ0n) is 10.7. The number of pyridine rings is 1. The Balaban J connectivity index is 2.29. The molecule has 0 aliphatic rings. The number of anilines is 2. The van der Waals surface area contributed by atoms with Gasteiger partial charge in [0.25, 0.3) is 0 Å². The molecule has 98 valence electrons. The number of ether oxygens (including phenoxy) is 1. The van der Waals surface area contributed by atoms with Crippen LogP contribution >= 0.6 is 0 Å². The van der Waals surface area contributed by atoms with E-state index in [-0.39, 0.29) is 5.69 Å². The highest BCUT2D eigenvalue weighted by Gasteiger charge is 2.09. The van der Waals surface area contributed by atoms with E-state index >= 15 is 0 Å². The van der Waals surface area contributed by atoms with E-state index in [0.29, 0.717) is 5.82 Å². The van der Waals surface area contributed by atoms with Crippen molar-refractivity contribution >= 4 is 17.5 Å². The SMILES string of the molecule is COc1ccc(N(C)c2cccc(C(=O)O)n2)cc1. The van der Waals surface area contributed by atoms with E-state index in [4.69, 9.17) is 9.84 Å². The van der Waals surface area contributed by atoms with Crippen LogP contribution in [0.15, 0.2) is 42.5 Å². The monoisotopic (exact) mass is 258 g/mol. The molecule has 0 atom stereocenters. The van der Waals surface area contributed by atoms with Crippen LogP contribution in [0, 0.1) is 0 Å². The van der Waals surface area contributed by atoms with Gasteiger partial charge in [0, 0.05) is 12.7 Å². The molecule has 2 rings (SSSR count). The smallest absolute Gasteiger partial charge is 0.354 e. The van der Waals surface area contributed by atoms with Crippen molar-refractivity contribution < 1.29 is 14.6 Å². The number of carboxylic acid groups (broad SMARTS) is 1. The molecule has 0 aliphatic heterocycles. The van der Waals surface area contributed by atoms with Crippen LogP contribution in [0.1, 0.15) is 10.5 Å². The van der Waals surface area contributed by atoms with Gasteiger partial charge in [-0.1, -0.05) is 6.07 Å². The number of methoxy groups -OCH3 is 1. The summed E-state index contributed by atoms with van der Waals surface area (Å²) in [7, 11) is 3.44. The van der Waals surface area contributed by atoms with E-state index in [0.717, 1.165) is 11.4 Å². The van der Waals surface area contributed by atoms with Crippen LogP contribution in [0.3, 0.4) is 0 Å². The van der Waals surface area contributed by atoms with Crippen molar-refractivity contribution in [2.45, 2.75) is 0 Å². The van der Waals surface area contributed by atoms with E-state index in [2.05, 4.69) is 4.98 Å². The van der Waals surface area contributed by atoms with Crippen molar-refractivity contribution in [3.8, 4) is 5.75 Å². The molecule has 19 heavy (non-hydrogen) atoms. The number of carboxylic acids is 1. The fourth-order valence-electron chi connectivity index (χ4n) is 1.67. The van der Waals surface area contributed by atoms with E-state index in [1.54, 1.807) is 19.2 Å². The third-order valence-electron chi connectivity index (χ3n) is 2.76. The van der Waals surface area contributed by atoms with E-state index < -0.39 is 5.97 Å². The zero-order valence-corrected chi connectivity index (χ0v) is 10.7. The molecule has 0 radical (unpaired) electrons. The van der Waals surface area contributed by atoms with E-state index in [9.17, 15) is 4.79 Å². The molecule has 0 saturated carbocycles. The molecule has 1 heterocycles. The summed E-state index contributed by atoms with van der Waals surface area (Å²) < 4.78 is 5.09. The van der Waals surface area contributed by atoms with E-state index in [1.807, 2.05) is 36.2 Å². The van der Waals surface area contributed by atoms with Gasteiger partial charge in [-0.2, -0.15) is 0 Å². The van der Waals surface area contributed by atoms with Gasteiger partial charge in [0.05, 0.1) is 7.11 Å². The lowest BCUT2D eigenvalue weighted by Crippen LogP contribution is -2.13. The first-order valence-corrected chi connectivity index (χ1v) is 5.70. The number of hydrogen-bond donors (Lipinski definition) is 1. The summed E-state index contributed by atoms with van der Waals surface area (Å²) in [6, 6.07) is 12.3. The quantitative estimate of drug-likeness (QED) is 0.913. The van der Waals surface area contributed by atoms with Crippen LogP contribution in [0.4, 0.5) is 11.5 Å². The van der Waals surface area contributed by atoms with Crippen LogP contribution in [0.25, 0.3) is 0 Å². The second kappa shape index (κ2) is 5.39. The van der Waals surface area contributed by atoms with Crippen molar-refractivity contribution in [3.05, 3.63) is 48.2 Å². The van der Waals surface area contributed by atoms with Gasteiger partial charge in [0.1, 0.15) is 11.6 Å². The molecular formula is C14H14N2O3. The maximum atomic E-state index is 10.9. The first kappa shape index (κ1) is 12.9. The summed E-state index contributed by atoms with van der Waals surface area (Å²) in [4.78, 5) is 16.8. The van der Waals surface area contributed by atoms with Crippen LogP contribution in [-0.4, -0.2) is 30.2 Å². The maximum Gasteiger partial charge on any atom is 0.354 e. The highest BCUT2D eigenvalue weighted by atomic mass is 16.5. The molecule has 1 aromatic carbocycles. The fraction of sp³-hybridized carbons (Fsp3) is 0.143. The third-order valence-corrected chi connectivity index (χ3v) is 2.76. The predicted molar refractivity (Wildman–Crippen MR) is 72.3 cm³/mol. The Morgan fingerprint density at radius 3 is 2.47 bits per heavy atom. The Kier molecular flexibility index (Phi) is 3.66. The third kappa shape index (κ3) is 2.82. The van der Waals surface area contributed by atoms with Gasteiger partial charge < -0.3 is 14.7 Å². The topological polar surface area (TPSA) is 62.7 Å². The number of aromatic carboxylic acids is 1. The number of nitrogens with zero attached hydrogens (tertiary/aromatic N) is 2. The largest absolute Gasteiger partial charge is 0.497 e. The van der Waals surface area contributed by atoms with Gasteiger partial charge >= 0.3 is 5.97 Å². The molecule has 0 amide bonds. The molecule has 2 aromatic rings. The molecule has 1 aromatic heterocycles. The van der Waals surface area contributed by atoms with Crippen LogP contribution < -0.4 is 9.64 Å². The number of benzene rings is 1. The van der Waals surface area contributed by atoms with Gasteiger partial charge in [-0.05, 0) is 36.4 Å². The first-order chi connectivity index (χ1) is 9.11. The molecule has 0 fully saturated rings. The van der Waals surface area contributed by atoms with Crippen LogP contribution in [-0.2, 0) is 0 Å². The minimum Gasteiger partial charge on any atom is -0.497 e. The van der Waals surface area contributed by atoms with Gasteiger partial charge in [-0.3, -0.25) is 0 Å². The summed E-state index contributed by atoms with van der Waals surface area (Å²) in [6.07, 6.45) is 0. The van der Waals surface area contributed by atoms with Crippen molar-refractivity contribution in [2.75, 3.05) is 19.1 Å². The number of hydrogen-bond acceptors (Lipinski definition) is 4. The Morgan fingerprint density at radius 1 is 1.21 bits per heavy atom. The normalized spacial score (nSPS) is 10.0. The summed E-state index contributed by atoms with van der Waals surface area (Å²) in [5.41, 5.74) is 0.925. The summed E-state index contributed by atoms with van der Waals surface area (Å²) in [5, 5.41) is 8.93. The van der Waals surface area contributed by atoms with Crippen molar-refractivity contribution in [1.29, 1.82) is 0 Å². The van der Waals surface area contributed by atoms with Crippen LogP contribution in [0.2, 0.25) is 0 Å². The fourth-order valence-corrected chi connectivity index (χ4v) is 1.67. The van der Waals surface area contributed by atoms with Gasteiger partial charge in [-0.25, -0.2) is 9.78 Å².